The molecule has 0 bridgehead atoms. The fourth-order valence-corrected chi connectivity index (χ4v) is 2.23. The molecular formula is C21H26O4. The summed E-state index contributed by atoms with van der Waals surface area (Å²) in [5.41, 5.74) is 1.63. The topological polar surface area (TPSA) is 44.8 Å². The average molecular weight is 342 g/mol. The molecule has 0 aromatic heterocycles. The van der Waals surface area contributed by atoms with Gasteiger partial charge >= 0.3 is 5.97 Å². The molecule has 0 saturated heterocycles. The van der Waals surface area contributed by atoms with Gasteiger partial charge in [-0.3, -0.25) is 0 Å². The van der Waals surface area contributed by atoms with E-state index >= 15 is 0 Å². The van der Waals surface area contributed by atoms with Gasteiger partial charge in [0, 0.05) is 0 Å². The summed E-state index contributed by atoms with van der Waals surface area (Å²) in [5.74, 6) is 1.18. The van der Waals surface area contributed by atoms with E-state index in [1.807, 2.05) is 38.1 Å². The summed E-state index contributed by atoms with van der Waals surface area (Å²) >= 11 is 0. The van der Waals surface area contributed by atoms with E-state index in [9.17, 15) is 4.79 Å². The number of ether oxygens (including phenoxy) is 3. The Bertz CT molecular complexity index is 664. The van der Waals surface area contributed by atoms with E-state index in [0.717, 1.165) is 29.9 Å². The van der Waals surface area contributed by atoms with Crippen LogP contribution in [-0.4, -0.2) is 25.3 Å². The number of rotatable bonds is 9. The van der Waals surface area contributed by atoms with Gasteiger partial charge in [-0.05, 0) is 62.2 Å². The fourth-order valence-electron chi connectivity index (χ4n) is 2.23. The highest BCUT2D eigenvalue weighted by atomic mass is 16.6. The summed E-state index contributed by atoms with van der Waals surface area (Å²) in [4.78, 5) is 12.2. The van der Waals surface area contributed by atoms with E-state index in [2.05, 4.69) is 6.92 Å². The average Bonchev–Trinajstić information content (AvgIpc) is 2.61. The van der Waals surface area contributed by atoms with Crippen molar-refractivity contribution in [3.8, 4) is 11.5 Å². The minimum atomic E-state index is -0.361. The Labute approximate surface area is 149 Å². The zero-order chi connectivity index (χ0) is 18.1. The highest BCUT2D eigenvalue weighted by Gasteiger charge is 2.13. The molecule has 25 heavy (non-hydrogen) atoms. The molecule has 0 aliphatic carbocycles. The lowest BCUT2D eigenvalue weighted by atomic mass is 10.2. The van der Waals surface area contributed by atoms with Gasteiger partial charge < -0.3 is 14.2 Å². The van der Waals surface area contributed by atoms with Crippen molar-refractivity contribution in [2.45, 2.75) is 39.7 Å². The molecule has 0 aliphatic rings. The Morgan fingerprint density at radius 3 is 2.48 bits per heavy atom. The van der Waals surface area contributed by atoms with Crippen LogP contribution < -0.4 is 9.47 Å². The van der Waals surface area contributed by atoms with Crippen molar-refractivity contribution >= 4 is 5.97 Å². The Morgan fingerprint density at radius 2 is 1.80 bits per heavy atom. The molecular weight excluding hydrogens is 316 g/mol. The first-order chi connectivity index (χ1) is 12.1. The molecule has 4 nitrogen and oxygen atoms in total. The molecule has 0 saturated carbocycles. The van der Waals surface area contributed by atoms with Crippen molar-refractivity contribution < 1.29 is 19.0 Å². The van der Waals surface area contributed by atoms with E-state index in [1.165, 1.54) is 0 Å². The summed E-state index contributed by atoms with van der Waals surface area (Å²) in [5, 5.41) is 0. The largest absolute Gasteiger partial charge is 0.494 e. The SMILES string of the molecule is CCCCOc1ccc(C(=O)OC(C)COc2cccc(C)c2)cc1. The second kappa shape index (κ2) is 9.72. The summed E-state index contributed by atoms with van der Waals surface area (Å²) < 4.78 is 16.7. The number of hydrogen-bond acceptors (Lipinski definition) is 4. The molecule has 0 aliphatic heterocycles. The van der Waals surface area contributed by atoms with E-state index in [0.29, 0.717) is 18.8 Å². The second-order valence-corrected chi connectivity index (χ2v) is 6.07. The highest BCUT2D eigenvalue weighted by molar-refractivity contribution is 5.89. The third-order valence-electron chi connectivity index (χ3n) is 3.64. The lowest BCUT2D eigenvalue weighted by molar-refractivity contribution is 0.0228. The molecule has 2 rings (SSSR count). The minimum Gasteiger partial charge on any atom is -0.494 e. The quantitative estimate of drug-likeness (QED) is 0.485. The Kier molecular flexibility index (Phi) is 7.33. The summed E-state index contributed by atoms with van der Waals surface area (Å²) in [7, 11) is 0. The van der Waals surface area contributed by atoms with Crippen LogP contribution in [0.4, 0.5) is 0 Å². The van der Waals surface area contributed by atoms with Crippen molar-refractivity contribution in [2.24, 2.45) is 0 Å². The van der Waals surface area contributed by atoms with Crippen LogP contribution in [0.5, 0.6) is 11.5 Å². The van der Waals surface area contributed by atoms with Crippen molar-refractivity contribution in [1.29, 1.82) is 0 Å². The van der Waals surface area contributed by atoms with Gasteiger partial charge in [-0.2, -0.15) is 0 Å². The van der Waals surface area contributed by atoms with E-state index < -0.39 is 0 Å². The molecule has 0 N–H and O–H groups in total. The van der Waals surface area contributed by atoms with Crippen LogP contribution in [0.25, 0.3) is 0 Å². The van der Waals surface area contributed by atoms with Crippen molar-refractivity contribution in [3.63, 3.8) is 0 Å². The normalized spacial score (nSPS) is 11.6. The zero-order valence-corrected chi connectivity index (χ0v) is 15.2. The number of unbranched alkanes of at least 4 members (excludes halogenated alkanes) is 1. The smallest absolute Gasteiger partial charge is 0.338 e. The van der Waals surface area contributed by atoms with Crippen LogP contribution >= 0.6 is 0 Å². The van der Waals surface area contributed by atoms with E-state index in [1.54, 1.807) is 24.3 Å². The fraction of sp³-hybridized carbons (Fsp3) is 0.381. The summed E-state index contributed by atoms with van der Waals surface area (Å²) in [6, 6.07) is 14.8. The number of esters is 1. The van der Waals surface area contributed by atoms with Gasteiger partial charge in [0.1, 0.15) is 24.2 Å². The van der Waals surface area contributed by atoms with Gasteiger partial charge in [0.2, 0.25) is 0 Å². The maximum absolute atomic E-state index is 12.2. The molecule has 0 fully saturated rings. The molecule has 0 amide bonds. The van der Waals surface area contributed by atoms with Crippen LogP contribution in [0.1, 0.15) is 42.6 Å². The van der Waals surface area contributed by atoms with Crippen LogP contribution in [0.2, 0.25) is 0 Å². The molecule has 1 atom stereocenters. The van der Waals surface area contributed by atoms with E-state index in [-0.39, 0.29) is 12.1 Å². The van der Waals surface area contributed by atoms with Crippen LogP contribution in [-0.2, 0) is 4.74 Å². The lowest BCUT2D eigenvalue weighted by Crippen LogP contribution is -2.22. The molecule has 0 radical (unpaired) electrons. The van der Waals surface area contributed by atoms with Crippen molar-refractivity contribution in [2.75, 3.05) is 13.2 Å². The molecule has 4 heteroatoms. The van der Waals surface area contributed by atoms with Crippen LogP contribution in [0.3, 0.4) is 0 Å². The van der Waals surface area contributed by atoms with Gasteiger partial charge in [0.05, 0.1) is 12.2 Å². The molecule has 134 valence electrons. The molecule has 0 heterocycles. The highest BCUT2D eigenvalue weighted by Crippen LogP contribution is 2.15. The monoisotopic (exact) mass is 342 g/mol. The number of hydrogen-bond donors (Lipinski definition) is 0. The van der Waals surface area contributed by atoms with Gasteiger partial charge in [-0.1, -0.05) is 25.5 Å². The predicted octanol–water partition coefficient (Wildman–Crippen LogP) is 4.80. The minimum absolute atomic E-state index is 0.313. The van der Waals surface area contributed by atoms with Crippen LogP contribution in [0.15, 0.2) is 48.5 Å². The first-order valence-electron chi connectivity index (χ1n) is 8.71. The molecule has 2 aromatic rings. The maximum atomic E-state index is 12.2. The third kappa shape index (κ3) is 6.49. The van der Waals surface area contributed by atoms with Crippen molar-refractivity contribution in [3.05, 3.63) is 59.7 Å². The van der Waals surface area contributed by atoms with E-state index in [4.69, 9.17) is 14.2 Å². The Balaban J connectivity index is 1.80. The number of carbonyl (C=O) groups excluding carboxylic acids is 1. The van der Waals surface area contributed by atoms with Gasteiger partial charge in [-0.25, -0.2) is 4.79 Å². The van der Waals surface area contributed by atoms with Gasteiger partial charge in [0.25, 0.3) is 0 Å². The second-order valence-electron chi connectivity index (χ2n) is 6.07. The first kappa shape index (κ1) is 18.8. The van der Waals surface area contributed by atoms with Crippen LogP contribution in [0, 0.1) is 6.92 Å². The maximum Gasteiger partial charge on any atom is 0.338 e. The molecule has 2 aromatic carbocycles. The predicted molar refractivity (Wildman–Crippen MR) is 98.4 cm³/mol. The van der Waals surface area contributed by atoms with Gasteiger partial charge in [0.15, 0.2) is 0 Å². The Morgan fingerprint density at radius 1 is 1.04 bits per heavy atom. The van der Waals surface area contributed by atoms with Crippen molar-refractivity contribution in [1.82, 2.24) is 0 Å². The summed E-state index contributed by atoms with van der Waals surface area (Å²) in [6.45, 7) is 6.94. The third-order valence-corrected chi connectivity index (χ3v) is 3.64. The number of carbonyl (C=O) groups is 1. The number of aryl methyl sites for hydroxylation is 1. The summed E-state index contributed by atoms with van der Waals surface area (Å²) in [6.07, 6.45) is 1.77. The standard InChI is InChI=1S/C21H26O4/c1-4-5-13-23-19-11-9-18(10-12-19)21(22)25-17(3)15-24-20-8-6-7-16(2)14-20/h6-12,14,17H,4-5,13,15H2,1-3H3. The van der Waals surface area contributed by atoms with Gasteiger partial charge in [-0.15, -0.1) is 0 Å². The zero-order valence-electron chi connectivity index (χ0n) is 15.2. The Hall–Kier alpha value is -2.49. The molecule has 0 spiro atoms. The first-order valence-corrected chi connectivity index (χ1v) is 8.71. The lowest BCUT2D eigenvalue weighted by Gasteiger charge is -2.15. The molecule has 1 unspecified atom stereocenters. The number of benzene rings is 2.